The third-order valence-corrected chi connectivity index (χ3v) is 6.62. The average molecular weight is 723 g/mol. The minimum absolute atomic E-state index is 0. The summed E-state index contributed by atoms with van der Waals surface area (Å²) in [6.07, 6.45) is 0. The molecule has 0 unspecified atom stereocenters. The Bertz CT molecular complexity index is 1270. The van der Waals surface area contributed by atoms with Crippen LogP contribution >= 0.6 is 0 Å². The minimum atomic E-state index is -0.619. The molecule has 0 spiro atoms. The molecule has 0 fully saturated rings. The number of nitrogens with one attached hydrogen (secondary N) is 1. The van der Waals surface area contributed by atoms with Crippen molar-refractivity contribution in [3.05, 3.63) is 144 Å². The SMILES string of the molecule is CC(C)(C)c1cccc(C([NH-])=O)c1.[Cl-].[Cl-].[Hf+4].c1ccc([Si]c2ccccc2)cc1.c1ccc2[cH-]ccc2c1. The summed E-state index contributed by atoms with van der Waals surface area (Å²) < 4.78 is 0. The fourth-order valence-electron chi connectivity index (χ4n) is 3.41. The Labute approximate surface area is 260 Å². The summed E-state index contributed by atoms with van der Waals surface area (Å²) in [5.41, 5.74) is 8.57. The van der Waals surface area contributed by atoms with Gasteiger partial charge in [0.05, 0.1) is 5.91 Å². The van der Waals surface area contributed by atoms with Gasteiger partial charge in [0.1, 0.15) is 9.52 Å². The second-order valence-electron chi connectivity index (χ2n) is 9.17. The molecule has 0 aliphatic carbocycles. The molecule has 0 aliphatic rings. The average Bonchev–Trinajstić information content (AvgIpc) is 3.35. The zero-order valence-electron chi connectivity index (χ0n) is 21.8. The summed E-state index contributed by atoms with van der Waals surface area (Å²) in [5, 5.41) is 5.46. The van der Waals surface area contributed by atoms with Crippen molar-refractivity contribution in [2.45, 2.75) is 26.2 Å². The smallest absolute Gasteiger partial charge is 1.00 e. The van der Waals surface area contributed by atoms with E-state index in [-0.39, 0.29) is 56.1 Å². The topological polar surface area (TPSA) is 40.9 Å². The van der Waals surface area contributed by atoms with Crippen molar-refractivity contribution in [1.29, 1.82) is 0 Å². The number of hydrogen-bond acceptors (Lipinski definition) is 1. The van der Waals surface area contributed by atoms with Gasteiger partial charge in [0.15, 0.2) is 0 Å². The Hall–Kier alpha value is -2.37. The van der Waals surface area contributed by atoms with E-state index in [4.69, 9.17) is 5.73 Å². The van der Waals surface area contributed by atoms with E-state index in [1.165, 1.54) is 21.1 Å². The summed E-state index contributed by atoms with van der Waals surface area (Å²) in [6, 6.07) is 43.1. The van der Waals surface area contributed by atoms with Crippen molar-refractivity contribution in [1.82, 2.24) is 0 Å². The standard InChI is InChI=1S/C12H10Si.C11H15NO.C9H7.2ClH.Hf/c1-3-7-11(8-4-1)13-12-9-5-2-6-10-12;1-11(2,3)9-6-4-5-8(7-9)10(12)13;1-2-5-9-7-3-6-8(9)4-1;;;/h1-10H;4-7H,1-3H3,(H2,12,13);1-7H;2*1H;/q;;-1;;;+4/p-3. The van der Waals surface area contributed by atoms with Gasteiger partial charge in [-0.1, -0.05) is 116 Å². The molecule has 0 bridgehead atoms. The zero-order chi connectivity index (χ0) is 25.1. The van der Waals surface area contributed by atoms with E-state index in [0.717, 1.165) is 15.1 Å². The van der Waals surface area contributed by atoms with Crippen molar-refractivity contribution in [3.63, 3.8) is 0 Å². The molecule has 2 nitrogen and oxygen atoms in total. The molecule has 6 heteroatoms. The normalized spacial score (nSPS) is 9.66. The van der Waals surface area contributed by atoms with Crippen LogP contribution in [0.2, 0.25) is 0 Å². The first-order chi connectivity index (χ1) is 16.8. The molecule has 192 valence electrons. The molecule has 1 amide bonds. The van der Waals surface area contributed by atoms with Crippen LogP contribution in [-0.2, 0) is 31.3 Å². The van der Waals surface area contributed by atoms with Crippen molar-refractivity contribution >= 4 is 36.6 Å². The van der Waals surface area contributed by atoms with Gasteiger partial charge in [-0.25, -0.2) is 0 Å². The van der Waals surface area contributed by atoms with Crippen LogP contribution in [0.25, 0.3) is 16.5 Å². The third kappa shape index (κ3) is 12.0. The molecule has 0 aromatic heterocycles. The fraction of sp³-hybridized carbons (Fsp3) is 0.125. The van der Waals surface area contributed by atoms with Crippen molar-refractivity contribution < 1.29 is 55.5 Å². The number of rotatable bonds is 3. The van der Waals surface area contributed by atoms with E-state index < -0.39 is 5.91 Å². The molecular weight excluding hydrogens is 692 g/mol. The van der Waals surface area contributed by atoms with Crippen LogP contribution in [0.4, 0.5) is 0 Å². The molecule has 5 aromatic carbocycles. The molecule has 0 aliphatic heterocycles. The van der Waals surface area contributed by atoms with Crippen molar-refractivity contribution in [2.24, 2.45) is 0 Å². The van der Waals surface area contributed by atoms with Crippen molar-refractivity contribution in [2.75, 3.05) is 0 Å². The maximum Gasteiger partial charge on any atom is 4.00 e. The number of halogens is 2. The van der Waals surface area contributed by atoms with Crippen LogP contribution in [0.3, 0.4) is 0 Å². The third-order valence-electron chi connectivity index (χ3n) is 5.37. The molecule has 0 atom stereocenters. The summed E-state index contributed by atoms with van der Waals surface area (Å²) >= 11 is 0. The summed E-state index contributed by atoms with van der Waals surface area (Å²) in [7, 11) is 0.777. The second-order valence-corrected chi connectivity index (χ2v) is 10.6. The zero-order valence-corrected chi connectivity index (χ0v) is 27.9. The van der Waals surface area contributed by atoms with Gasteiger partial charge in [-0.05, 0) is 22.6 Å². The number of fused-ring (bicyclic) bond motifs is 1. The first-order valence-corrected chi connectivity index (χ1v) is 12.7. The van der Waals surface area contributed by atoms with Crippen LogP contribution < -0.4 is 35.2 Å². The second kappa shape index (κ2) is 18.0. The van der Waals surface area contributed by atoms with E-state index >= 15 is 0 Å². The van der Waals surface area contributed by atoms with Gasteiger partial charge in [0.2, 0.25) is 0 Å². The van der Waals surface area contributed by atoms with Gasteiger partial charge >= 0.3 is 25.8 Å². The molecule has 1 N–H and O–H groups in total. The fourth-order valence-corrected chi connectivity index (χ4v) is 4.46. The maximum atomic E-state index is 10.8. The largest absolute Gasteiger partial charge is 4.00 e. The van der Waals surface area contributed by atoms with E-state index in [1.54, 1.807) is 12.1 Å². The van der Waals surface area contributed by atoms with E-state index in [0.29, 0.717) is 5.56 Å². The van der Waals surface area contributed by atoms with Gasteiger partial charge in [-0.2, -0.15) is 17.5 Å². The Balaban J connectivity index is 0.000000527. The Morgan fingerprint density at radius 1 is 0.711 bits per heavy atom. The first kappa shape index (κ1) is 35.6. The number of carbonyl (C=O) groups is 1. The van der Waals surface area contributed by atoms with Crippen molar-refractivity contribution in [3.8, 4) is 0 Å². The van der Waals surface area contributed by atoms with Gasteiger partial charge in [0, 0.05) is 0 Å². The Morgan fingerprint density at radius 2 is 1.24 bits per heavy atom. The van der Waals surface area contributed by atoms with Crippen LogP contribution in [0.15, 0.2) is 127 Å². The molecular formula is C32H31Cl2HfNOSi. The molecule has 0 saturated heterocycles. The predicted molar refractivity (Wildman–Crippen MR) is 151 cm³/mol. The molecule has 5 rings (SSSR count). The summed E-state index contributed by atoms with van der Waals surface area (Å²) in [5.74, 6) is -0.619. The van der Waals surface area contributed by atoms with E-state index in [1.807, 2.05) is 12.1 Å². The number of hydrogen-bond donors (Lipinski definition) is 0. The number of benzene rings is 4. The first-order valence-electron chi connectivity index (χ1n) is 11.7. The van der Waals surface area contributed by atoms with Gasteiger partial charge in [0.25, 0.3) is 0 Å². The quantitative estimate of drug-likeness (QED) is 0.203. The summed E-state index contributed by atoms with van der Waals surface area (Å²) in [4.78, 5) is 10.8. The number of amides is 1. The Kier molecular flexibility index (Phi) is 16.9. The molecule has 2 radical (unpaired) electrons. The van der Waals surface area contributed by atoms with E-state index in [9.17, 15) is 4.79 Å². The van der Waals surface area contributed by atoms with Gasteiger partial charge < -0.3 is 35.3 Å². The molecule has 0 saturated carbocycles. The van der Waals surface area contributed by atoms with Crippen LogP contribution in [0.1, 0.15) is 36.7 Å². The van der Waals surface area contributed by atoms with E-state index in [2.05, 4.69) is 124 Å². The van der Waals surface area contributed by atoms with Crippen LogP contribution in [0, 0.1) is 0 Å². The van der Waals surface area contributed by atoms with Crippen LogP contribution in [-0.4, -0.2) is 15.4 Å². The number of carbonyl (C=O) groups excluding carboxylic acids is 1. The van der Waals surface area contributed by atoms with Crippen LogP contribution in [0.5, 0.6) is 0 Å². The Morgan fingerprint density at radius 3 is 1.74 bits per heavy atom. The summed E-state index contributed by atoms with van der Waals surface area (Å²) in [6.45, 7) is 6.25. The van der Waals surface area contributed by atoms with Gasteiger partial charge in [-0.15, -0.1) is 29.7 Å². The predicted octanol–water partition coefficient (Wildman–Crippen LogP) is 1.08. The minimum Gasteiger partial charge on any atom is -1.00 e. The molecule has 0 heterocycles. The monoisotopic (exact) mass is 723 g/mol. The molecule has 38 heavy (non-hydrogen) atoms. The molecule has 5 aromatic rings. The van der Waals surface area contributed by atoms with Gasteiger partial charge in [-0.3, -0.25) is 0 Å². The maximum absolute atomic E-state index is 10.8.